The van der Waals surface area contributed by atoms with Crippen molar-refractivity contribution in [1.29, 1.82) is 0 Å². The van der Waals surface area contributed by atoms with Gasteiger partial charge in [-0.2, -0.15) is 0 Å². The van der Waals surface area contributed by atoms with E-state index in [-0.39, 0.29) is 11.8 Å². The number of carbonyl (C=O) groups excluding carboxylic acids is 2. The molecular weight excluding hydrogens is 294 g/mol. The SMILES string of the molecule is CNC(=O)c1ccc(CNC(=O)c2ccc3nncn3c2)cc1. The highest BCUT2D eigenvalue weighted by atomic mass is 16.2. The largest absolute Gasteiger partial charge is 0.355 e. The maximum Gasteiger partial charge on any atom is 0.253 e. The van der Waals surface area contributed by atoms with Crippen molar-refractivity contribution in [3.05, 3.63) is 65.6 Å². The molecule has 2 amide bonds. The Labute approximate surface area is 132 Å². The fourth-order valence-electron chi connectivity index (χ4n) is 2.16. The number of nitrogens with one attached hydrogen (secondary N) is 2. The molecule has 0 aliphatic carbocycles. The molecule has 7 nitrogen and oxygen atoms in total. The van der Waals surface area contributed by atoms with E-state index in [2.05, 4.69) is 20.8 Å². The van der Waals surface area contributed by atoms with Gasteiger partial charge in [-0.15, -0.1) is 10.2 Å². The lowest BCUT2D eigenvalue weighted by molar-refractivity contribution is 0.0945. The zero-order valence-corrected chi connectivity index (χ0v) is 12.5. The number of carbonyl (C=O) groups is 2. The molecule has 3 aromatic rings. The number of nitrogens with zero attached hydrogens (tertiary/aromatic N) is 3. The van der Waals surface area contributed by atoms with Gasteiger partial charge in [0.25, 0.3) is 11.8 Å². The minimum absolute atomic E-state index is 0.136. The zero-order chi connectivity index (χ0) is 16.2. The highest BCUT2D eigenvalue weighted by molar-refractivity contribution is 5.94. The van der Waals surface area contributed by atoms with Crippen molar-refractivity contribution in [2.45, 2.75) is 6.54 Å². The van der Waals surface area contributed by atoms with Gasteiger partial charge in [0.1, 0.15) is 6.33 Å². The second-order valence-electron chi connectivity index (χ2n) is 4.97. The zero-order valence-electron chi connectivity index (χ0n) is 12.5. The molecule has 0 aliphatic heterocycles. The molecule has 7 heteroatoms. The van der Waals surface area contributed by atoms with Gasteiger partial charge in [-0.05, 0) is 29.8 Å². The molecule has 0 unspecified atom stereocenters. The van der Waals surface area contributed by atoms with E-state index in [1.54, 1.807) is 48.2 Å². The van der Waals surface area contributed by atoms with E-state index in [1.165, 1.54) is 0 Å². The molecule has 0 saturated carbocycles. The molecule has 23 heavy (non-hydrogen) atoms. The van der Waals surface area contributed by atoms with Gasteiger partial charge in [0.2, 0.25) is 0 Å². The number of aromatic nitrogens is 3. The third kappa shape index (κ3) is 3.18. The number of benzene rings is 1. The van der Waals surface area contributed by atoms with Crippen LogP contribution in [-0.2, 0) is 6.54 Å². The quantitative estimate of drug-likeness (QED) is 0.753. The van der Waals surface area contributed by atoms with Crippen LogP contribution in [0.25, 0.3) is 5.65 Å². The summed E-state index contributed by atoms with van der Waals surface area (Å²) >= 11 is 0. The number of hydrogen-bond acceptors (Lipinski definition) is 4. The second-order valence-corrected chi connectivity index (χ2v) is 4.97. The van der Waals surface area contributed by atoms with E-state index in [9.17, 15) is 9.59 Å². The first-order chi connectivity index (χ1) is 11.2. The van der Waals surface area contributed by atoms with Crippen molar-refractivity contribution >= 4 is 17.5 Å². The summed E-state index contributed by atoms with van der Waals surface area (Å²) in [5.41, 5.74) is 2.71. The van der Waals surface area contributed by atoms with Crippen LogP contribution < -0.4 is 10.6 Å². The van der Waals surface area contributed by atoms with Crippen molar-refractivity contribution in [3.8, 4) is 0 Å². The lowest BCUT2D eigenvalue weighted by Crippen LogP contribution is -2.23. The van der Waals surface area contributed by atoms with E-state index >= 15 is 0 Å². The smallest absolute Gasteiger partial charge is 0.253 e. The van der Waals surface area contributed by atoms with Crippen LogP contribution in [0.4, 0.5) is 0 Å². The van der Waals surface area contributed by atoms with Crippen LogP contribution in [0.2, 0.25) is 0 Å². The Bertz CT molecular complexity index is 854. The minimum Gasteiger partial charge on any atom is -0.355 e. The monoisotopic (exact) mass is 309 g/mol. The summed E-state index contributed by atoms with van der Waals surface area (Å²) in [5, 5.41) is 13.1. The summed E-state index contributed by atoms with van der Waals surface area (Å²) in [7, 11) is 1.59. The summed E-state index contributed by atoms with van der Waals surface area (Å²) in [4.78, 5) is 23.6. The van der Waals surface area contributed by atoms with Gasteiger partial charge < -0.3 is 10.6 Å². The third-order valence-corrected chi connectivity index (χ3v) is 3.45. The van der Waals surface area contributed by atoms with Crippen molar-refractivity contribution in [1.82, 2.24) is 25.2 Å². The first-order valence-corrected chi connectivity index (χ1v) is 7.06. The minimum atomic E-state index is -0.184. The number of pyridine rings is 1. The molecule has 116 valence electrons. The van der Waals surface area contributed by atoms with Gasteiger partial charge in [-0.1, -0.05) is 12.1 Å². The van der Waals surface area contributed by atoms with E-state index in [4.69, 9.17) is 0 Å². The first-order valence-electron chi connectivity index (χ1n) is 7.06. The maximum absolute atomic E-state index is 12.2. The van der Waals surface area contributed by atoms with Crippen LogP contribution in [0.15, 0.2) is 48.9 Å². The van der Waals surface area contributed by atoms with Gasteiger partial charge in [0.15, 0.2) is 5.65 Å². The fraction of sp³-hybridized carbons (Fsp3) is 0.125. The summed E-state index contributed by atoms with van der Waals surface area (Å²) in [5.74, 6) is -0.321. The molecular formula is C16H15N5O2. The molecule has 0 bridgehead atoms. The average Bonchev–Trinajstić information content (AvgIpc) is 3.07. The van der Waals surface area contributed by atoms with Crippen LogP contribution in [0, 0.1) is 0 Å². The van der Waals surface area contributed by atoms with Crippen LogP contribution >= 0.6 is 0 Å². The molecule has 0 aliphatic rings. The van der Waals surface area contributed by atoms with Crippen LogP contribution in [0.1, 0.15) is 26.3 Å². The van der Waals surface area contributed by atoms with Gasteiger partial charge in [-0.25, -0.2) is 0 Å². The molecule has 0 fully saturated rings. The van der Waals surface area contributed by atoms with Crippen molar-refractivity contribution in [2.24, 2.45) is 0 Å². The van der Waals surface area contributed by atoms with E-state index < -0.39 is 0 Å². The number of rotatable bonds is 4. The highest BCUT2D eigenvalue weighted by Crippen LogP contribution is 2.06. The predicted molar refractivity (Wildman–Crippen MR) is 84.0 cm³/mol. The van der Waals surface area contributed by atoms with E-state index in [0.29, 0.717) is 23.3 Å². The van der Waals surface area contributed by atoms with E-state index in [0.717, 1.165) is 5.56 Å². The average molecular weight is 309 g/mol. The van der Waals surface area contributed by atoms with Crippen molar-refractivity contribution in [2.75, 3.05) is 7.05 Å². The molecule has 2 N–H and O–H groups in total. The van der Waals surface area contributed by atoms with Gasteiger partial charge in [0, 0.05) is 25.4 Å². The van der Waals surface area contributed by atoms with Crippen LogP contribution in [-0.4, -0.2) is 33.5 Å². The fourth-order valence-corrected chi connectivity index (χ4v) is 2.16. The Kier molecular flexibility index (Phi) is 4.01. The van der Waals surface area contributed by atoms with Gasteiger partial charge in [0.05, 0.1) is 5.56 Å². The van der Waals surface area contributed by atoms with E-state index in [1.807, 2.05) is 12.1 Å². The van der Waals surface area contributed by atoms with Crippen LogP contribution in [0.3, 0.4) is 0 Å². The Morgan fingerprint density at radius 3 is 2.52 bits per heavy atom. The Morgan fingerprint density at radius 2 is 1.78 bits per heavy atom. The summed E-state index contributed by atoms with van der Waals surface area (Å²) in [6.45, 7) is 0.382. The molecule has 0 spiro atoms. The Morgan fingerprint density at radius 1 is 1.04 bits per heavy atom. The summed E-state index contributed by atoms with van der Waals surface area (Å²) < 4.78 is 1.69. The predicted octanol–water partition coefficient (Wildman–Crippen LogP) is 1.02. The van der Waals surface area contributed by atoms with Gasteiger partial charge >= 0.3 is 0 Å². The van der Waals surface area contributed by atoms with Crippen molar-refractivity contribution in [3.63, 3.8) is 0 Å². The number of hydrogen-bond donors (Lipinski definition) is 2. The standard InChI is InChI=1S/C16H15N5O2/c1-17-15(22)12-4-2-11(3-5-12)8-18-16(23)13-6-7-14-20-19-10-21(14)9-13/h2-7,9-10H,8H2,1H3,(H,17,22)(H,18,23). The lowest BCUT2D eigenvalue weighted by atomic mass is 10.1. The molecule has 2 aromatic heterocycles. The topological polar surface area (TPSA) is 88.4 Å². The third-order valence-electron chi connectivity index (χ3n) is 3.45. The molecule has 3 rings (SSSR count). The summed E-state index contributed by atoms with van der Waals surface area (Å²) in [6.07, 6.45) is 3.23. The highest BCUT2D eigenvalue weighted by Gasteiger charge is 2.07. The van der Waals surface area contributed by atoms with Gasteiger partial charge in [-0.3, -0.25) is 14.0 Å². The molecule has 0 atom stereocenters. The van der Waals surface area contributed by atoms with Crippen LogP contribution in [0.5, 0.6) is 0 Å². The molecule has 0 radical (unpaired) electrons. The summed E-state index contributed by atoms with van der Waals surface area (Å²) in [6, 6.07) is 10.5. The van der Waals surface area contributed by atoms with Crippen molar-refractivity contribution < 1.29 is 9.59 Å². The molecule has 2 heterocycles. The Balaban J connectivity index is 1.65. The molecule has 0 saturated heterocycles. The Hall–Kier alpha value is -3.22. The first kappa shape index (κ1) is 14.7. The number of fused-ring (bicyclic) bond motifs is 1. The second kappa shape index (κ2) is 6.27. The maximum atomic E-state index is 12.2. The molecule has 1 aromatic carbocycles. The normalized spacial score (nSPS) is 10.5. The lowest BCUT2D eigenvalue weighted by Gasteiger charge is -2.07. The number of amides is 2.